The van der Waals surface area contributed by atoms with E-state index in [4.69, 9.17) is 0 Å². The summed E-state index contributed by atoms with van der Waals surface area (Å²) in [5.41, 5.74) is 2.32. The predicted octanol–water partition coefficient (Wildman–Crippen LogP) is 2.56. The lowest BCUT2D eigenvalue weighted by molar-refractivity contribution is 0.565. The first-order chi connectivity index (χ1) is 12.0. The van der Waals surface area contributed by atoms with E-state index >= 15 is 0 Å². The molecule has 0 unspecified atom stereocenters. The third-order valence-corrected chi connectivity index (χ3v) is 5.96. The predicted molar refractivity (Wildman–Crippen MR) is 98.0 cm³/mol. The van der Waals surface area contributed by atoms with Gasteiger partial charge in [-0.25, -0.2) is 23.1 Å². The van der Waals surface area contributed by atoms with Crippen molar-refractivity contribution in [3.8, 4) is 0 Å². The fourth-order valence-electron chi connectivity index (χ4n) is 2.97. The summed E-state index contributed by atoms with van der Waals surface area (Å²) >= 11 is 0. The maximum Gasteiger partial charge on any atom is 0.241 e. The minimum atomic E-state index is -3.57. The van der Waals surface area contributed by atoms with Gasteiger partial charge in [-0.05, 0) is 56.4 Å². The average molecular weight is 360 g/mol. The maximum atomic E-state index is 12.6. The fourth-order valence-corrected chi connectivity index (χ4v) is 4.30. The highest BCUT2D eigenvalue weighted by Gasteiger charge is 2.18. The second kappa shape index (κ2) is 7.49. The van der Waals surface area contributed by atoms with Crippen LogP contribution in [0.1, 0.15) is 36.1 Å². The van der Waals surface area contributed by atoms with Gasteiger partial charge in [-0.2, -0.15) is 0 Å². The van der Waals surface area contributed by atoms with Crippen LogP contribution in [0.15, 0.2) is 35.4 Å². The Kier molecular flexibility index (Phi) is 5.34. The highest BCUT2D eigenvalue weighted by Crippen LogP contribution is 2.18. The summed E-state index contributed by atoms with van der Waals surface area (Å²) < 4.78 is 27.9. The molecule has 0 saturated carbocycles. The van der Waals surface area contributed by atoms with Crippen molar-refractivity contribution in [2.24, 2.45) is 0 Å². The molecule has 134 valence electrons. The van der Waals surface area contributed by atoms with Crippen LogP contribution in [0.4, 0.5) is 5.95 Å². The molecule has 0 amide bonds. The first-order valence-electron chi connectivity index (χ1n) is 8.59. The summed E-state index contributed by atoms with van der Waals surface area (Å²) in [6, 6.07) is 7.17. The Labute approximate surface area is 149 Å². The molecule has 0 bridgehead atoms. The molecular formula is C18H24N4O2S. The average Bonchev–Trinajstić information content (AvgIpc) is 2.63. The van der Waals surface area contributed by atoms with Gasteiger partial charge in [-0.15, -0.1) is 0 Å². The van der Waals surface area contributed by atoms with Crippen LogP contribution >= 0.6 is 0 Å². The molecule has 0 atom stereocenters. The van der Waals surface area contributed by atoms with Gasteiger partial charge in [-0.3, -0.25) is 0 Å². The van der Waals surface area contributed by atoms with Crippen molar-refractivity contribution in [3.63, 3.8) is 0 Å². The summed E-state index contributed by atoms with van der Waals surface area (Å²) in [7, 11) is -3.57. The van der Waals surface area contributed by atoms with Crippen LogP contribution in [0.3, 0.4) is 0 Å². The van der Waals surface area contributed by atoms with Gasteiger partial charge >= 0.3 is 0 Å². The van der Waals surface area contributed by atoms with Gasteiger partial charge in [0, 0.05) is 19.3 Å². The van der Waals surface area contributed by atoms with Crippen LogP contribution in [-0.2, 0) is 16.6 Å². The highest BCUT2D eigenvalue weighted by atomic mass is 32.2. The molecule has 6 nitrogen and oxygen atoms in total. The third kappa shape index (κ3) is 4.35. The van der Waals surface area contributed by atoms with Crippen molar-refractivity contribution >= 4 is 16.0 Å². The molecule has 0 radical (unpaired) electrons. The molecule has 0 spiro atoms. The molecule has 1 fully saturated rings. The zero-order valence-electron chi connectivity index (χ0n) is 14.7. The Morgan fingerprint density at radius 1 is 1.12 bits per heavy atom. The summed E-state index contributed by atoms with van der Waals surface area (Å²) in [6.07, 6.45) is 5.23. The summed E-state index contributed by atoms with van der Waals surface area (Å²) in [5, 5.41) is 0. The minimum absolute atomic E-state index is 0.152. The Balaban J connectivity index is 1.73. The van der Waals surface area contributed by atoms with Crippen molar-refractivity contribution in [1.82, 2.24) is 14.7 Å². The molecular weight excluding hydrogens is 336 g/mol. The number of sulfonamides is 1. The molecule has 2 heterocycles. The van der Waals surface area contributed by atoms with E-state index in [2.05, 4.69) is 19.6 Å². The van der Waals surface area contributed by atoms with E-state index in [1.54, 1.807) is 25.3 Å². The summed E-state index contributed by atoms with van der Waals surface area (Å²) in [6.45, 7) is 5.75. The Morgan fingerprint density at radius 2 is 1.88 bits per heavy atom. The Bertz CT molecular complexity index is 846. The minimum Gasteiger partial charge on any atom is -0.341 e. The van der Waals surface area contributed by atoms with Crippen molar-refractivity contribution in [3.05, 3.63) is 47.3 Å². The van der Waals surface area contributed by atoms with Crippen molar-refractivity contribution < 1.29 is 8.42 Å². The van der Waals surface area contributed by atoms with Crippen molar-refractivity contribution in [1.29, 1.82) is 0 Å². The quantitative estimate of drug-likeness (QED) is 0.887. The van der Waals surface area contributed by atoms with Gasteiger partial charge < -0.3 is 4.90 Å². The van der Waals surface area contributed by atoms with E-state index in [1.807, 2.05) is 19.1 Å². The SMILES string of the molecule is Cc1ccc(C)c(S(=O)(=O)NCc2ccnc(N3CCCCC3)n2)c1. The van der Waals surface area contributed by atoms with Crippen molar-refractivity contribution in [2.45, 2.75) is 44.6 Å². The number of hydrogen-bond donors (Lipinski definition) is 1. The third-order valence-electron chi connectivity index (χ3n) is 4.42. The van der Waals surface area contributed by atoms with E-state index in [0.29, 0.717) is 16.5 Å². The normalized spacial score (nSPS) is 15.4. The molecule has 1 N–H and O–H groups in total. The highest BCUT2D eigenvalue weighted by molar-refractivity contribution is 7.89. The van der Waals surface area contributed by atoms with Gasteiger partial charge in [0.25, 0.3) is 0 Å². The maximum absolute atomic E-state index is 12.6. The van der Waals surface area contributed by atoms with Gasteiger partial charge in [0.1, 0.15) is 0 Å². The van der Waals surface area contributed by atoms with Crippen LogP contribution in [-0.4, -0.2) is 31.5 Å². The Hall–Kier alpha value is -1.99. The zero-order chi connectivity index (χ0) is 17.9. The van der Waals surface area contributed by atoms with Crippen LogP contribution < -0.4 is 9.62 Å². The second-order valence-corrected chi connectivity index (χ2v) is 8.22. The molecule has 1 aliphatic heterocycles. The van der Waals surface area contributed by atoms with Gasteiger partial charge in [0.15, 0.2) is 0 Å². The molecule has 2 aromatic rings. The molecule has 1 saturated heterocycles. The van der Waals surface area contributed by atoms with Gasteiger partial charge in [0.2, 0.25) is 16.0 Å². The van der Waals surface area contributed by atoms with Crippen molar-refractivity contribution in [2.75, 3.05) is 18.0 Å². The smallest absolute Gasteiger partial charge is 0.241 e. The first-order valence-corrected chi connectivity index (χ1v) is 10.1. The zero-order valence-corrected chi connectivity index (χ0v) is 15.5. The van der Waals surface area contributed by atoms with Gasteiger partial charge in [-0.1, -0.05) is 12.1 Å². The number of benzene rings is 1. The summed E-state index contributed by atoms with van der Waals surface area (Å²) in [5.74, 6) is 0.683. The fraction of sp³-hybridized carbons (Fsp3) is 0.444. The lowest BCUT2D eigenvalue weighted by Gasteiger charge is -2.26. The molecule has 7 heteroatoms. The van der Waals surface area contributed by atoms with E-state index in [-0.39, 0.29) is 6.54 Å². The summed E-state index contributed by atoms with van der Waals surface area (Å²) in [4.78, 5) is 11.3. The van der Waals surface area contributed by atoms with Crippen LogP contribution in [0, 0.1) is 13.8 Å². The number of aryl methyl sites for hydroxylation is 2. The monoisotopic (exact) mass is 360 g/mol. The molecule has 3 rings (SSSR count). The largest absolute Gasteiger partial charge is 0.341 e. The molecule has 1 aromatic heterocycles. The van der Waals surface area contributed by atoms with E-state index in [1.165, 1.54) is 6.42 Å². The molecule has 25 heavy (non-hydrogen) atoms. The number of rotatable bonds is 5. The lowest BCUT2D eigenvalue weighted by atomic mass is 10.1. The second-order valence-electron chi connectivity index (χ2n) is 6.49. The van der Waals surface area contributed by atoms with Crippen LogP contribution in [0.2, 0.25) is 0 Å². The number of nitrogens with one attached hydrogen (secondary N) is 1. The van der Waals surface area contributed by atoms with E-state index < -0.39 is 10.0 Å². The molecule has 0 aliphatic carbocycles. The van der Waals surface area contributed by atoms with E-state index in [9.17, 15) is 8.42 Å². The lowest BCUT2D eigenvalue weighted by Crippen LogP contribution is -2.31. The molecule has 1 aromatic carbocycles. The first kappa shape index (κ1) is 17.8. The Morgan fingerprint density at radius 3 is 2.64 bits per heavy atom. The standard InChI is InChI=1S/C18H24N4O2S/c1-14-6-7-15(2)17(12-14)25(23,24)20-13-16-8-9-19-18(21-16)22-10-4-3-5-11-22/h6-9,12,20H,3-5,10-11,13H2,1-2H3. The number of piperidine rings is 1. The number of hydrogen-bond acceptors (Lipinski definition) is 5. The number of anilines is 1. The topological polar surface area (TPSA) is 75.2 Å². The van der Waals surface area contributed by atoms with Crippen LogP contribution in [0.5, 0.6) is 0 Å². The number of aromatic nitrogens is 2. The van der Waals surface area contributed by atoms with E-state index in [0.717, 1.165) is 37.1 Å². The number of nitrogens with zero attached hydrogens (tertiary/aromatic N) is 3. The molecule has 1 aliphatic rings. The van der Waals surface area contributed by atoms with Crippen LogP contribution in [0.25, 0.3) is 0 Å². The van der Waals surface area contributed by atoms with Gasteiger partial charge in [0.05, 0.1) is 17.1 Å².